The SMILES string of the molecule is O=C(c1cc(-c2ccccc2)nc2ccc(Br)cc12)N1CCCc2ccccc21. The van der Waals surface area contributed by atoms with Crippen molar-refractivity contribution >= 4 is 38.4 Å². The summed E-state index contributed by atoms with van der Waals surface area (Å²) in [4.78, 5) is 20.5. The first-order valence-corrected chi connectivity index (χ1v) is 10.6. The normalized spacial score (nSPS) is 13.3. The Hall–Kier alpha value is -2.98. The van der Waals surface area contributed by atoms with Gasteiger partial charge in [0.2, 0.25) is 0 Å². The van der Waals surface area contributed by atoms with Gasteiger partial charge in [-0.15, -0.1) is 0 Å². The highest BCUT2D eigenvalue weighted by atomic mass is 79.9. The highest BCUT2D eigenvalue weighted by Crippen LogP contribution is 2.32. The number of pyridine rings is 1. The van der Waals surface area contributed by atoms with Gasteiger partial charge in [-0.3, -0.25) is 4.79 Å². The summed E-state index contributed by atoms with van der Waals surface area (Å²) in [6.07, 6.45) is 1.98. The topological polar surface area (TPSA) is 33.2 Å². The number of carbonyl (C=O) groups excluding carboxylic acids is 1. The van der Waals surface area contributed by atoms with E-state index in [-0.39, 0.29) is 5.91 Å². The largest absolute Gasteiger partial charge is 0.308 e. The predicted molar refractivity (Wildman–Crippen MR) is 121 cm³/mol. The molecule has 3 nitrogen and oxygen atoms in total. The number of hydrogen-bond acceptors (Lipinski definition) is 2. The fraction of sp³-hybridized carbons (Fsp3) is 0.120. The third kappa shape index (κ3) is 3.34. The van der Waals surface area contributed by atoms with E-state index in [1.165, 1.54) is 5.56 Å². The molecule has 0 bridgehead atoms. The molecular weight excluding hydrogens is 424 g/mol. The van der Waals surface area contributed by atoms with Crippen molar-refractivity contribution in [1.29, 1.82) is 0 Å². The van der Waals surface area contributed by atoms with Crippen molar-refractivity contribution in [3.63, 3.8) is 0 Å². The average Bonchev–Trinajstić information content (AvgIpc) is 2.78. The van der Waals surface area contributed by atoms with Crippen molar-refractivity contribution in [2.75, 3.05) is 11.4 Å². The van der Waals surface area contributed by atoms with Crippen molar-refractivity contribution in [2.45, 2.75) is 12.8 Å². The van der Waals surface area contributed by atoms with Gasteiger partial charge in [0.15, 0.2) is 0 Å². The van der Waals surface area contributed by atoms with Crippen LogP contribution in [0.15, 0.2) is 83.3 Å². The van der Waals surface area contributed by atoms with Gasteiger partial charge < -0.3 is 4.90 Å². The summed E-state index contributed by atoms with van der Waals surface area (Å²) in [6.45, 7) is 0.730. The van der Waals surface area contributed by atoms with Crippen LogP contribution in [-0.4, -0.2) is 17.4 Å². The predicted octanol–water partition coefficient (Wildman–Crippen LogP) is 6.26. The van der Waals surface area contributed by atoms with Crippen molar-refractivity contribution in [3.8, 4) is 11.3 Å². The maximum absolute atomic E-state index is 13.8. The Bertz CT molecular complexity index is 1220. The molecule has 0 fully saturated rings. The van der Waals surface area contributed by atoms with Crippen LogP contribution in [0.2, 0.25) is 0 Å². The van der Waals surface area contributed by atoms with E-state index in [2.05, 4.69) is 22.0 Å². The lowest BCUT2D eigenvalue weighted by atomic mass is 9.99. The van der Waals surface area contributed by atoms with Crippen LogP contribution in [0.25, 0.3) is 22.2 Å². The second kappa shape index (κ2) is 7.45. The number of halogens is 1. The molecule has 0 spiro atoms. The fourth-order valence-electron chi connectivity index (χ4n) is 4.02. The summed E-state index contributed by atoms with van der Waals surface area (Å²) >= 11 is 3.55. The number of benzene rings is 3. The van der Waals surface area contributed by atoms with E-state index in [1.54, 1.807) is 0 Å². The maximum Gasteiger partial charge on any atom is 0.259 e. The number of hydrogen-bond donors (Lipinski definition) is 0. The lowest BCUT2D eigenvalue weighted by molar-refractivity contribution is 0.0986. The molecule has 0 unspecified atom stereocenters. The van der Waals surface area contributed by atoms with Crippen LogP contribution in [0.1, 0.15) is 22.3 Å². The third-order valence-electron chi connectivity index (χ3n) is 5.43. The Morgan fingerprint density at radius 3 is 2.59 bits per heavy atom. The molecule has 0 N–H and O–H groups in total. The van der Waals surface area contributed by atoms with Crippen LogP contribution in [0, 0.1) is 0 Å². The Balaban J connectivity index is 1.69. The highest BCUT2D eigenvalue weighted by molar-refractivity contribution is 9.10. The molecule has 0 radical (unpaired) electrons. The first-order chi connectivity index (χ1) is 14.2. The second-order valence-corrected chi connectivity index (χ2v) is 8.19. The van der Waals surface area contributed by atoms with Crippen molar-refractivity contribution < 1.29 is 4.79 Å². The molecule has 0 saturated carbocycles. The Morgan fingerprint density at radius 2 is 1.72 bits per heavy atom. The third-order valence-corrected chi connectivity index (χ3v) is 5.92. The fourth-order valence-corrected chi connectivity index (χ4v) is 4.38. The van der Waals surface area contributed by atoms with Crippen molar-refractivity contribution in [1.82, 2.24) is 4.98 Å². The molecular formula is C25H19BrN2O. The molecule has 142 valence electrons. The van der Waals surface area contributed by atoms with Gasteiger partial charge in [0.05, 0.1) is 16.8 Å². The Labute approximate surface area is 178 Å². The van der Waals surface area contributed by atoms with Crippen LogP contribution in [0.4, 0.5) is 5.69 Å². The van der Waals surface area contributed by atoms with Gasteiger partial charge in [-0.05, 0) is 48.7 Å². The van der Waals surface area contributed by atoms with Gasteiger partial charge >= 0.3 is 0 Å². The summed E-state index contributed by atoms with van der Waals surface area (Å²) < 4.78 is 0.937. The number of carbonyl (C=O) groups is 1. The zero-order valence-electron chi connectivity index (χ0n) is 15.8. The minimum atomic E-state index is 0.0276. The van der Waals surface area contributed by atoms with Crippen molar-refractivity contribution in [2.24, 2.45) is 0 Å². The number of para-hydroxylation sites is 1. The first-order valence-electron chi connectivity index (χ1n) is 9.76. The average molecular weight is 443 g/mol. The molecule has 2 heterocycles. The van der Waals surface area contributed by atoms with E-state index < -0.39 is 0 Å². The lowest BCUT2D eigenvalue weighted by Gasteiger charge is -2.30. The van der Waals surface area contributed by atoms with Crippen molar-refractivity contribution in [3.05, 3.63) is 94.5 Å². The van der Waals surface area contributed by atoms with Gasteiger partial charge in [0, 0.05) is 27.7 Å². The first kappa shape index (κ1) is 18.1. The quantitative estimate of drug-likeness (QED) is 0.367. The zero-order chi connectivity index (χ0) is 19.8. The molecule has 0 aliphatic carbocycles. The van der Waals surface area contributed by atoms with Gasteiger partial charge in [0.25, 0.3) is 5.91 Å². The van der Waals surface area contributed by atoms with Crippen LogP contribution >= 0.6 is 15.9 Å². The van der Waals surface area contributed by atoms with Gasteiger partial charge in [-0.25, -0.2) is 4.98 Å². The molecule has 5 rings (SSSR count). The van der Waals surface area contributed by atoms with E-state index in [9.17, 15) is 4.79 Å². The van der Waals surface area contributed by atoms with E-state index in [0.717, 1.165) is 51.7 Å². The summed E-state index contributed by atoms with van der Waals surface area (Å²) in [6, 6.07) is 26.1. The molecule has 29 heavy (non-hydrogen) atoms. The summed E-state index contributed by atoms with van der Waals surface area (Å²) in [7, 11) is 0. The lowest BCUT2D eigenvalue weighted by Crippen LogP contribution is -2.35. The molecule has 1 amide bonds. The Morgan fingerprint density at radius 1 is 0.931 bits per heavy atom. The van der Waals surface area contributed by atoms with Gasteiger partial charge in [0.1, 0.15) is 0 Å². The minimum Gasteiger partial charge on any atom is -0.308 e. The number of aryl methyl sites for hydroxylation is 1. The van der Waals surface area contributed by atoms with Crippen LogP contribution in [0.5, 0.6) is 0 Å². The molecule has 3 aromatic carbocycles. The van der Waals surface area contributed by atoms with Crippen LogP contribution in [0.3, 0.4) is 0 Å². The summed E-state index contributed by atoms with van der Waals surface area (Å²) in [5.74, 6) is 0.0276. The standard InChI is InChI=1S/C25H19BrN2O/c26-19-12-13-22-20(15-19)21(16-23(27-22)17-7-2-1-3-8-17)25(29)28-14-6-10-18-9-4-5-11-24(18)28/h1-5,7-9,11-13,15-16H,6,10,14H2. The van der Waals surface area contributed by atoms with Crippen LogP contribution < -0.4 is 4.90 Å². The molecule has 1 aromatic heterocycles. The molecule has 1 aliphatic rings. The smallest absolute Gasteiger partial charge is 0.259 e. The summed E-state index contributed by atoms with van der Waals surface area (Å²) in [5.41, 5.74) is 5.58. The number of nitrogens with zero attached hydrogens (tertiary/aromatic N) is 2. The van der Waals surface area contributed by atoms with E-state index >= 15 is 0 Å². The molecule has 4 heteroatoms. The molecule has 1 aliphatic heterocycles. The molecule has 0 saturated heterocycles. The number of fused-ring (bicyclic) bond motifs is 2. The van der Waals surface area contributed by atoms with E-state index in [4.69, 9.17) is 4.98 Å². The second-order valence-electron chi connectivity index (χ2n) is 7.27. The number of rotatable bonds is 2. The zero-order valence-corrected chi connectivity index (χ0v) is 17.4. The molecule has 0 atom stereocenters. The van der Waals surface area contributed by atoms with Gasteiger partial charge in [-0.2, -0.15) is 0 Å². The van der Waals surface area contributed by atoms with E-state index in [0.29, 0.717) is 5.56 Å². The van der Waals surface area contributed by atoms with Crippen LogP contribution in [-0.2, 0) is 6.42 Å². The monoisotopic (exact) mass is 442 g/mol. The Kier molecular flexibility index (Phi) is 4.64. The summed E-state index contributed by atoms with van der Waals surface area (Å²) in [5, 5.41) is 0.868. The van der Waals surface area contributed by atoms with E-state index in [1.807, 2.05) is 77.7 Å². The molecule has 4 aromatic rings. The number of aromatic nitrogens is 1. The van der Waals surface area contributed by atoms with Gasteiger partial charge in [-0.1, -0.05) is 64.5 Å². The number of anilines is 1. The number of amides is 1. The maximum atomic E-state index is 13.8. The highest BCUT2D eigenvalue weighted by Gasteiger charge is 2.25. The minimum absolute atomic E-state index is 0.0276.